The molecule has 2 aromatic rings. The lowest BCUT2D eigenvalue weighted by Gasteiger charge is -2.57. The summed E-state index contributed by atoms with van der Waals surface area (Å²) in [6.07, 6.45) is 47.8. The number of hydrogen-bond donors (Lipinski definition) is 1. The van der Waals surface area contributed by atoms with Crippen LogP contribution in [0.2, 0.25) is 12.6 Å². The molecule has 12 aliphatic rings. The molecule has 6 fully saturated rings. The van der Waals surface area contributed by atoms with Gasteiger partial charge in [-0.15, -0.1) is 0 Å². The number of carbonyl (C=O) groups excluding carboxylic acids is 2. The smallest absolute Gasteiger partial charge is 0.177 e. The molecular formula is C71H95BI2N2O3. The molecule has 2 aromatic heterocycles. The van der Waals surface area contributed by atoms with Crippen molar-refractivity contribution in [3.63, 3.8) is 0 Å². The molecular weight excluding hydrogens is 1190 g/mol. The van der Waals surface area contributed by atoms with E-state index in [1.165, 1.54) is 106 Å². The maximum atomic E-state index is 12.0. The van der Waals surface area contributed by atoms with Gasteiger partial charge >= 0.3 is 0 Å². The van der Waals surface area contributed by atoms with Gasteiger partial charge in [0.2, 0.25) is 0 Å². The van der Waals surface area contributed by atoms with Gasteiger partial charge in [-0.1, -0.05) is 127 Å². The number of rotatable bonds is 4. The summed E-state index contributed by atoms with van der Waals surface area (Å²) in [6.45, 7) is 19.8. The zero-order chi connectivity index (χ0) is 57.4. The number of halogens is 2. The zero-order valence-electron chi connectivity index (χ0n) is 51.5. The number of allylic oxidation sites excluding steroid dienone is 11. The van der Waals surface area contributed by atoms with E-state index in [1.54, 1.807) is 25.1 Å². The van der Waals surface area contributed by atoms with Crippen molar-refractivity contribution >= 4 is 74.5 Å². The van der Waals surface area contributed by atoms with Crippen LogP contribution in [-0.2, 0) is 9.59 Å². The van der Waals surface area contributed by atoms with Crippen LogP contribution in [0.15, 0.2) is 109 Å². The van der Waals surface area contributed by atoms with Gasteiger partial charge in [-0.3, -0.25) is 19.6 Å². The van der Waals surface area contributed by atoms with E-state index in [0.717, 1.165) is 117 Å². The highest BCUT2D eigenvalue weighted by molar-refractivity contribution is 14.1. The highest BCUT2D eigenvalue weighted by Gasteiger charge is 2.60. The average molecular weight is 1290 g/mol. The first-order chi connectivity index (χ1) is 38.6. The number of aliphatic hydroxyl groups is 1. The summed E-state index contributed by atoms with van der Waals surface area (Å²) in [5, 5.41) is 10.0. The Kier molecular flexibility index (Phi) is 16.1. The van der Waals surface area contributed by atoms with E-state index in [-0.39, 0.29) is 16.9 Å². The number of aromatic nitrogens is 2. The van der Waals surface area contributed by atoms with Crippen LogP contribution in [0, 0.1) is 85.8 Å². The van der Waals surface area contributed by atoms with Crippen LogP contribution < -0.4 is 5.46 Å². The quantitative estimate of drug-likeness (QED) is 0.187. The predicted octanol–water partition coefficient (Wildman–Crippen LogP) is 18.1. The van der Waals surface area contributed by atoms with E-state index in [1.807, 2.05) is 36.7 Å². The molecule has 5 nitrogen and oxygen atoms in total. The third kappa shape index (κ3) is 10.3. The van der Waals surface area contributed by atoms with Crippen LogP contribution in [0.4, 0.5) is 0 Å². The number of nitrogens with zero attached hydrogens (tertiary/aromatic N) is 2. The third-order valence-corrected chi connectivity index (χ3v) is 28.9. The van der Waals surface area contributed by atoms with Gasteiger partial charge in [0.05, 0.1) is 8.85 Å². The van der Waals surface area contributed by atoms with Gasteiger partial charge in [-0.05, 0) is 285 Å². The maximum Gasteiger partial charge on any atom is 0.177 e. The highest BCUT2D eigenvalue weighted by Crippen LogP contribution is 2.69. The van der Waals surface area contributed by atoms with E-state index in [4.69, 9.17) is 2.74 Å². The Balaban J connectivity index is 0.000000117. The van der Waals surface area contributed by atoms with E-state index in [0.29, 0.717) is 57.9 Å². The summed E-state index contributed by atoms with van der Waals surface area (Å²) in [5.74, 6) is 8.03. The predicted molar refractivity (Wildman–Crippen MR) is 344 cm³/mol. The van der Waals surface area contributed by atoms with Crippen molar-refractivity contribution in [2.24, 2.45) is 85.8 Å². The summed E-state index contributed by atoms with van der Waals surface area (Å²) in [5.41, 5.74) is 10.4. The molecule has 0 aliphatic heterocycles. The van der Waals surface area contributed by atoms with Gasteiger partial charge in [0.1, 0.15) is 0 Å². The van der Waals surface area contributed by atoms with Crippen molar-refractivity contribution in [1.29, 1.82) is 0 Å². The number of fused-ring (bicyclic) bond motifs is 15. The molecule has 0 aromatic carbocycles. The molecule has 2 heterocycles. The van der Waals surface area contributed by atoms with Gasteiger partial charge in [-0.2, -0.15) is 0 Å². The first-order valence-electron chi connectivity index (χ1n) is 32.7. The van der Waals surface area contributed by atoms with Gasteiger partial charge in [0, 0.05) is 48.5 Å². The molecule has 424 valence electrons. The van der Waals surface area contributed by atoms with E-state index >= 15 is 0 Å². The third-order valence-electron chi connectivity index (χ3n) is 25.5. The second-order valence-corrected chi connectivity index (χ2v) is 31.1. The fourth-order valence-corrected chi connectivity index (χ4v) is 22.4. The largest absolute Gasteiger partial charge is 0.393 e. The van der Waals surface area contributed by atoms with E-state index in [2.05, 4.69) is 135 Å². The van der Waals surface area contributed by atoms with Gasteiger partial charge in [0.25, 0.3) is 0 Å². The molecule has 0 spiro atoms. The van der Waals surface area contributed by atoms with Crippen LogP contribution in [0.5, 0.6) is 0 Å². The van der Waals surface area contributed by atoms with Crippen LogP contribution in [0.25, 0.3) is 5.57 Å². The van der Waals surface area contributed by atoms with Gasteiger partial charge in [0.15, 0.2) is 18.3 Å². The van der Waals surface area contributed by atoms with Crippen molar-refractivity contribution in [2.45, 2.75) is 209 Å². The molecule has 12 aliphatic carbocycles. The van der Waals surface area contributed by atoms with Crippen molar-refractivity contribution < 1.29 is 17.4 Å². The Hall–Kier alpha value is -2.44. The normalized spacial score (nSPS) is 42.3. The molecule has 16 atom stereocenters. The van der Waals surface area contributed by atoms with Crippen molar-refractivity contribution in [3.05, 3.63) is 115 Å². The minimum atomic E-state index is -0.0798. The van der Waals surface area contributed by atoms with Crippen molar-refractivity contribution in [2.75, 3.05) is 0 Å². The van der Waals surface area contributed by atoms with Crippen molar-refractivity contribution in [1.82, 2.24) is 9.97 Å². The summed E-state index contributed by atoms with van der Waals surface area (Å²) >= 11 is 5.20. The Morgan fingerprint density at radius 1 is 0.544 bits per heavy atom. The molecule has 0 bridgehead atoms. The SMILES string of the molecule is C[C@]12CCC(=O)C=C1CCC1C2CC[C@]2(C)C(I)=CCC12.C[C@]12CC[C@H](O)CC1=CCC1C2CC[C@]2(C)C(I)=CCC12.[2H]c1cncc(B(CC)CC)c1.[2H]c1cncc(C2=CCC3C4CCC5=CC(=O)CC[C@]5(C)C4CC[C@]23C)c1. The molecule has 8 heteroatoms. The second kappa shape index (κ2) is 22.9. The fraction of sp³-hybridized carbons (Fsp3) is 0.662. The van der Waals surface area contributed by atoms with Gasteiger partial charge in [-0.25, -0.2) is 0 Å². The summed E-state index contributed by atoms with van der Waals surface area (Å²) in [7, 11) is 0. The molecule has 1 N–H and O–H groups in total. The average Bonchev–Trinajstić information content (AvgIpc) is 3.01. The van der Waals surface area contributed by atoms with E-state index < -0.39 is 0 Å². The highest BCUT2D eigenvalue weighted by atomic mass is 127. The number of pyridine rings is 2. The Morgan fingerprint density at radius 2 is 1.03 bits per heavy atom. The maximum absolute atomic E-state index is 12.0. The Morgan fingerprint density at radius 3 is 1.58 bits per heavy atom. The van der Waals surface area contributed by atoms with Crippen molar-refractivity contribution in [3.8, 4) is 0 Å². The summed E-state index contributed by atoms with van der Waals surface area (Å²) in [6, 6.07) is 4.90. The van der Waals surface area contributed by atoms with Crippen LogP contribution >= 0.6 is 45.2 Å². The fourth-order valence-electron chi connectivity index (χ4n) is 20.6. The standard InChI is InChI=1S/C24H29NO.C19H27IO.C19H25IO.C9H14BN/c1-23-11-9-18(26)14-17(23)5-6-19-21-8-7-20(16-4-3-13-25-15-16)24(21,2)12-10-22(19)23;2*1-18-9-7-13(21)11-12(18)3-4-14-15-5-6-17(20)19(15,2)10-8-16(14)18;1-3-10(4-2)9-6-5-7-11-8-9/h3-4,7,13-15,19,21-22H,5-6,8-12H2,1-2H3;3,6,13-16,21H,4-5,7-11H2,1-2H3;6,11,14-16H,3-5,7-10H2,1-2H3;5-8H,3-4H2,1-2H3/t19?,21?,22?,23-,24+;13-,14?,15?,16?,18-,19-;14?,15?,16?,18-,19-;/m000./s1/i3D;;;5D. The van der Waals surface area contributed by atoms with Gasteiger partial charge < -0.3 is 5.11 Å². The molecule has 0 saturated heterocycles. The molecule has 0 amide bonds. The number of hydrogen-bond acceptors (Lipinski definition) is 5. The zero-order valence-corrected chi connectivity index (χ0v) is 53.8. The molecule has 0 radical (unpaired) electrons. The van der Waals surface area contributed by atoms with Crippen LogP contribution in [0.1, 0.15) is 199 Å². The lowest BCUT2D eigenvalue weighted by molar-refractivity contribution is -0.117. The van der Waals surface area contributed by atoms with Crippen LogP contribution in [0.3, 0.4) is 0 Å². The molecule has 6 saturated carbocycles. The number of carbonyl (C=O) groups is 2. The summed E-state index contributed by atoms with van der Waals surface area (Å²) < 4.78 is 18.6. The minimum absolute atomic E-state index is 0.0798. The first-order valence-corrected chi connectivity index (χ1v) is 33.9. The lowest BCUT2D eigenvalue weighted by atomic mass is 9.42. The van der Waals surface area contributed by atoms with Crippen LogP contribution in [-0.4, -0.2) is 39.5 Å². The number of aliphatic hydroxyl groups excluding tert-OH is 1. The monoisotopic (exact) mass is 1290 g/mol. The second-order valence-electron chi connectivity index (χ2n) is 28.8. The summed E-state index contributed by atoms with van der Waals surface area (Å²) in [4.78, 5) is 32.1. The molecule has 79 heavy (non-hydrogen) atoms. The molecule has 9 unspecified atom stereocenters. The number of ketones is 2. The first kappa shape index (κ1) is 55.7. The topological polar surface area (TPSA) is 80.2 Å². The van der Waals surface area contributed by atoms with E-state index in [9.17, 15) is 14.7 Å². The Labute approximate surface area is 507 Å². The Bertz CT molecular complexity index is 2960. The molecule has 14 rings (SSSR count). The minimum Gasteiger partial charge on any atom is -0.393 e. The lowest BCUT2D eigenvalue weighted by Crippen LogP contribution is -2.49.